The van der Waals surface area contributed by atoms with Crippen molar-refractivity contribution in [1.82, 2.24) is 15.5 Å². The van der Waals surface area contributed by atoms with Crippen molar-refractivity contribution in [3.8, 4) is 34.7 Å². The van der Waals surface area contributed by atoms with Gasteiger partial charge in [0.1, 0.15) is 23.6 Å². The number of ether oxygens (including phenoxy) is 2. The zero-order chi connectivity index (χ0) is 28.9. The Morgan fingerprint density at radius 1 is 1.10 bits per heavy atom. The van der Waals surface area contributed by atoms with Crippen molar-refractivity contribution in [2.45, 2.75) is 38.8 Å². The monoisotopic (exact) mass is 550 g/mol. The van der Waals surface area contributed by atoms with Crippen molar-refractivity contribution in [3.63, 3.8) is 0 Å². The number of nitriles is 1. The number of fused-ring (bicyclic) bond motifs is 1. The van der Waals surface area contributed by atoms with Crippen LogP contribution in [-0.2, 0) is 22.4 Å². The molecule has 3 aromatic carbocycles. The Bertz CT molecular complexity index is 1670. The molecule has 0 saturated heterocycles. The first-order valence-corrected chi connectivity index (χ1v) is 12.9. The van der Waals surface area contributed by atoms with Gasteiger partial charge in [-0.05, 0) is 55.7 Å². The highest BCUT2D eigenvalue weighted by molar-refractivity contribution is 5.85. The van der Waals surface area contributed by atoms with Crippen LogP contribution in [0, 0.1) is 11.3 Å². The van der Waals surface area contributed by atoms with Crippen LogP contribution in [-0.4, -0.2) is 39.5 Å². The Morgan fingerprint density at radius 3 is 2.61 bits per heavy atom. The van der Waals surface area contributed by atoms with Gasteiger partial charge in [0.25, 0.3) is 5.89 Å². The SMILES string of the molecule is CC(C)Oc1ccc(-c2nc(-c3cccc4c3CC=C4OC(=O)NC(Cc3ccccc3)C(=O)O)no2)cc1C#N. The van der Waals surface area contributed by atoms with Crippen LogP contribution in [0.1, 0.15) is 36.1 Å². The van der Waals surface area contributed by atoms with E-state index < -0.39 is 18.1 Å². The topological polar surface area (TPSA) is 148 Å². The minimum atomic E-state index is -1.16. The lowest BCUT2D eigenvalue weighted by atomic mass is 10.0. The summed E-state index contributed by atoms with van der Waals surface area (Å²) in [5.74, 6) is 0.206. The van der Waals surface area contributed by atoms with Crippen LogP contribution < -0.4 is 10.1 Å². The summed E-state index contributed by atoms with van der Waals surface area (Å²) in [6.07, 6.45) is 1.37. The Morgan fingerprint density at radius 2 is 1.88 bits per heavy atom. The van der Waals surface area contributed by atoms with E-state index in [1.807, 2.05) is 26.0 Å². The van der Waals surface area contributed by atoms with E-state index in [-0.39, 0.29) is 18.4 Å². The van der Waals surface area contributed by atoms with Gasteiger partial charge < -0.3 is 24.4 Å². The molecule has 0 saturated carbocycles. The quantitative estimate of drug-likeness (QED) is 0.280. The maximum atomic E-state index is 12.7. The number of carbonyl (C=O) groups is 2. The first-order chi connectivity index (χ1) is 19.8. The molecule has 1 aliphatic carbocycles. The number of carboxylic acid groups (broad SMARTS) is 1. The number of hydrogen-bond acceptors (Lipinski definition) is 8. The van der Waals surface area contributed by atoms with Gasteiger partial charge in [0.05, 0.1) is 11.7 Å². The molecule has 41 heavy (non-hydrogen) atoms. The second-order valence-electron chi connectivity index (χ2n) is 9.63. The van der Waals surface area contributed by atoms with Crippen LogP contribution in [0.5, 0.6) is 5.75 Å². The highest BCUT2D eigenvalue weighted by Crippen LogP contribution is 2.36. The summed E-state index contributed by atoms with van der Waals surface area (Å²) in [6.45, 7) is 3.77. The molecule has 0 bridgehead atoms. The van der Waals surface area contributed by atoms with E-state index in [4.69, 9.17) is 14.0 Å². The highest BCUT2D eigenvalue weighted by atomic mass is 16.6. The second-order valence-corrected chi connectivity index (χ2v) is 9.63. The van der Waals surface area contributed by atoms with E-state index in [1.165, 1.54) is 0 Å². The van der Waals surface area contributed by atoms with E-state index in [1.54, 1.807) is 60.7 Å². The fourth-order valence-electron chi connectivity index (χ4n) is 4.53. The van der Waals surface area contributed by atoms with Crippen LogP contribution in [0.25, 0.3) is 28.6 Å². The molecule has 0 fully saturated rings. The van der Waals surface area contributed by atoms with Crippen LogP contribution in [0.2, 0.25) is 0 Å². The van der Waals surface area contributed by atoms with Crippen molar-refractivity contribution in [3.05, 3.63) is 95.1 Å². The lowest BCUT2D eigenvalue weighted by molar-refractivity contribution is -0.139. The highest BCUT2D eigenvalue weighted by Gasteiger charge is 2.26. The molecule has 10 heteroatoms. The maximum Gasteiger partial charge on any atom is 0.413 e. The molecule has 2 N–H and O–H groups in total. The van der Waals surface area contributed by atoms with E-state index in [0.717, 1.165) is 11.1 Å². The molecule has 1 aromatic heterocycles. The average Bonchev–Trinajstić information content (AvgIpc) is 3.61. The molecule has 206 valence electrons. The number of carbonyl (C=O) groups excluding carboxylic acids is 1. The van der Waals surface area contributed by atoms with E-state index in [9.17, 15) is 20.0 Å². The summed E-state index contributed by atoms with van der Waals surface area (Å²) >= 11 is 0. The summed E-state index contributed by atoms with van der Waals surface area (Å²) < 4.78 is 16.7. The van der Waals surface area contributed by atoms with Crippen LogP contribution in [0.15, 0.2) is 77.3 Å². The first kappa shape index (κ1) is 27.1. The molecular formula is C31H26N4O6. The fourth-order valence-corrected chi connectivity index (χ4v) is 4.53. The average molecular weight is 551 g/mol. The number of allylic oxidation sites excluding steroid dienone is 1. The maximum absolute atomic E-state index is 12.7. The fraction of sp³-hybridized carbons (Fsp3) is 0.194. The van der Waals surface area contributed by atoms with Gasteiger partial charge in [-0.15, -0.1) is 0 Å². The van der Waals surface area contributed by atoms with Crippen molar-refractivity contribution >= 4 is 17.8 Å². The molecule has 1 heterocycles. The van der Waals surface area contributed by atoms with Crippen molar-refractivity contribution in [2.24, 2.45) is 0 Å². The van der Waals surface area contributed by atoms with Gasteiger partial charge >= 0.3 is 12.1 Å². The number of hydrogen-bond donors (Lipinski definition) is 2. The molecule has 0 spiro atoms. The predicted molar refractivity (Wildman–Crippen MR) is 149 cm³/mol. The predicted octanol–water partition coefficient (Wildman–Crippen LogP) is 5.38. The Kier molecular flexibility index (Phi) is 7.78. The van der Waals surface area contributed by atoms with Gasteiger partial charge in [0.2, 0.25) is 5.82 Å². The number of carboxylic acids is 1. The third-order valence-electron chi connectivity index (χ3n) is 6.39. The van der Waals surface area contributed by atoms with E-state index in [2.05, 4.69) is 21.5 Å². The van der Waals surface area contributed by atoms with Crippen LogP contribution >= 0.6 is 0 Å². The smallest absolute Gasteiger partial charge is 0.413 e. The molecule has 0 aliphatic heterocycles. The Labute approximate surface area is 235 Å². The third-order valence-corrected chi connectivity index (χ3v) is 6.39. The number of nitrogens with zero attached hydrogens (tertiary/aromatic N) is 3. The number of aliphatic carboxylic acids is 1. The molecule has 1 unspecified atom stereocenters. The zero-order valence-electron chi connectivity index (χ0n) is 22.3. The lowest BCUT2D eigenvalue weighted by Crippen LogP contribution is -2.42. The molecular weight excluding hydrogens is 524 g/mol. The lowest BCUT2D eigenvalue weighted by Gasteiger charge is -2.15. The minimum Gasteiger partial charge on any atom is -0.490 e. The summed E-state index contributed by atoms with van der Waals surface area (Å²) in [4.78, 5) is 28.9. The van der Waals surface area contributed by atoms with Crippen LogP contribution in [0.4, 0.5) is 4.79 Å². The van der Waals surface area contributed by atoms with Gasteiger partial charge in [-0.25, -0.2) is 9.59 Å². The van der Waals surface area contributed by atoms with Gasteiger partial charge in [-0.2, -0.15) is 10.2 Å². The van der Waals surface area contributed by atoms with Gasteiger partial charge in [0, 0.05) is 23.1 Å². The molecule has 0 radical (unpaired) electrons. The zero-order valence-corrected chi connectivity index (χ0v) is 22.3. The number of alkyl carbamates (subject to hydrolysis) is 1. The first-order valence-electron chi connectivity index (χ1n) is 12.9. The number of aromatic nitrogens is 2. The molecule has 4 aromatic rings. The Hall–Kier alpha value is -5.43. The molecule has 1 aliphatic rings. The number of benzene rings is 3. The molecule has 1 atom stereocenters. The van der Waals surface area contributed by atoms with E-state index in [0.29, 0.717) is 46.0 Å². The van der Waals surface area contributed by atoms with Gasteiger partial charge in [0.15, 0.2) is 0 Å². The summed E-state index contributed by atoms with van der Waals surface area (Å²) in [5, 5.41) is 25.7. The van der Waals surface area contributed by atoms with Crippen molar-refractivity contribution < 1.29 is 28.7 Å². The normalized spacial score (nSPS) is 12.7. The molecule has 10 nitrogen and oxygen atoms in total. The van der Waals surface area contributed by atoms with E-state index >= 15 is 0 Å². The number of rotatable bonds is 9. The molecule has 5 rings (SSSR count). The van der Waals surface area contributed by atoms with Crippen molar-refractivity contribution in [2.75, 3.05) is 0 Å². The van der Waals surface area contributed by atoms with Crippen molar-refractivity contribution in [1.29, 1.82) is 5.26 Å². The number of nitrogens with one attached hydrogen (secondary N) is 1. The largest absolute Gasteiger partial charge is 0.490 e. The van der Waals surface area contributed by atoms with Crippen LogP contribution in [0.3, 0.4) is 0 Å². The van der Waals surface area contributed by atoms with Gasteiger partial charge in [-0.3, -0.25) is 0 Å². The summed E-state index contributed by atoms with van der Waals surface area (Å²) in [5.41, 5.74) is 3.90. The standard InChI is InChI=1S/C31H26N4O6/c1-18(2)39-26-13-11-20(16-21(26)17-32)29-34-28(35-41-29)24-10-6-9-23-22(24)12-14-27(23)40-31(38)33-25(30(36)37)15-19-7-4-3-5-8-19/h3-11,13-14,16,18,25H,12,15H2,1-2H3,(H,33,38)(H,36,37). The minimum absolute atomic E-state index is 0.0791. The molecule has 1 amide bonds. The summed E-state index contributed by atoms with van der Waals surface area (Å²) in [6, 6.07) is 20.5. The van der Waals surface area contributed by atoms with Gasteiger partial charge in [-0.1, -0.05) is 53.7 Å². The Balaban J connectivity index is 1.31. The number of amides is 1. The third kappa shape index (κ3) is 6.09. The summed E-state index contributed by atoms with van der Waals surface area (Å²) in [7, 11) is 0. The second kappa shape index (κ2) is 11.8.